The molecule has 2 aromatic carbocycles. The number of hydrogen-bond donors (Lipinski definition) is 1. The standard InChI is InChI=1S/C20H13F2N3O2/c21-12-4-5-16-14(10-12)17(6-8-23-16)24-19(27)11-25-9-7-18(26)13-2-1-3-15(22)20(13)25/h1-10H,11H2,(H,23,24,27). The van der Waals surface area contributed by atoms with Gasteiger partial charge in [-0.05, 0) is 36.4 Å². The van der Waals surface area contributed by atoms with Crippen LogP contribution in [0.2, 0.25) is 0 Å². The molecule has 0 spiro atoms. The van der Waals surface area contributed by atoms with Crippen molar-refractivity contribution in [3.63, 3.8) is 0 Å². The molecule has 134 valence electrons. The second-order valence-electron chi connectivity index (χ2n) is 6.01. The molecule has 4 aromatic rings. The van der Waals surface area contributed by atoms with Crippen LogP contribution in [-0.4, -0.2) is 15.5 Å². The van der Waals surface area contributed by atoms with E-state index in [0.717, 1.165) is 0 Å². The summed E-state index contributed by atoms with van der Waals surface area (Å²) in [6.45, 7) is -0.211. The van der Waals surface area contributed by atoms with Gasteiger partial charge in [0.25, 0.3) is 0 Å². The molecular weight excluding hydrogens is 352 g/mol. The Morgan fingerprint density at radius 3 is 2.78 bits per heavy atom. The second kappa shape index (κ2) is 6.60. The van der Waals surface area contributed by atoms with E-state index in [0.29, 0.717) is 16.6 Å². The average Bonchev–Trinajstić information content (AvgIpc) is 2.65. The highest BCUT2D eigenvalue weighted by molar-refractivity contribution is 6.01. The van der Waals surface area contributed by atoms with Crippen molar-refractivity contribution in [1.29, 1.82) is 0 Å². The van der Waals surface area contributed by atoms with Gasteiger partial charge in [0, 0.05) is 29.2 Å². The number of fused-ring (bicyclic) bond motifs is 2. The average molecular weight is 365 g/mol. The van der Waals surface area contributed by atoms with Gasteiger partial charge >= 0.3 is 0 Å². The molecule has 0 bridgehead atoms. The Balaban J connectivity index is 1.69. The highest BCUT2D eigenvalue weighted by Gasteiger charge is 2.12. The Bertz CT molecular complexity index is 1250. The van der Waals surface area contributed by atoms with Gasteiger partial charge in [-0.15, -0.1) is 0 Å². The summed E-state index contributed by atoms with van der Waals surface area (Å²) in [5.74, 6) is -1.48. The van der Waals surface area contributed by atoms with E-state index in [1.165, 1.54) is 59.4 Å². The zero-order chi connectivity index (χ0) is 19.0. The van der Waals surface area contributed by atoms with E-state index in [-0.39, 0.29) is 22.9 Å². The number of benzene rings is 2. The maximum atomic E-state index is 14.2. The van der Waals surface area contributed by atoms with E-state index in [9.17, 15) is 18.4 Å². The summed E-state index contributed by atoms with van der Waals surface area (Å²) in [5, 5.41) is 3.35. The molecule has 27 heavy (non-hydrogen) atoms. The number of para-hydroxylation sites is 1. The lowest BCUT2D eigenvalue weighted by atomic mass is 10.2. The van der Waals surface area contributed by atoms with Gasteiger partial charge in [-0.1, -0.05) is 6.07 Å². The highest BCUT2D eigenvalue weighted by atomic mass is 19.1. The number of carbonyl (C=O) groups excluding carboxylic acids is 1. The number of halogens is 2. The first-order valence-corrected chi connectivity index (χ1v) is 8.15. The number of pyridine rings is 2. The van der Waals surface area contributed by atoms with Crippen molar-refractivity contribution in [2.75, 3.05) is 5.32 Å². The number of nitrogens with zero attached hydrogens (tertiary/aromatic N) is 2. The molecule has 2 aromatic heterocycles. The maximum absolute atomic E-state index is 14.2. The van der Waals surface area contributed by atoms with Crippen molar-refractivity contribution in [3.8, 4) is 0 Å². The first-order valence-electron chi connectivity index (χ1n) is 8.15. The Morgan fingerprint density at radius 2 is 1.93 bits per heavy atom. The van der Waals surface area contributed by atoms with Crippen LogP contribution in [0.5, 0.6) is 0 Å². The summed E-state index contributed by atoms with van der Waals surface area (Å²) in [5.41, 5.74) is 0.673. The molecule has 5 nitrogen and oxygen atoms in total. The smallest absolute Gasteiger partial charge is 0.244 e. The minimum Gasteiger partial charge on any atom is -0.335 e. The van der Waals surface area contributed by atoms with Gasteiger partial charge in [-0.25, -0.2) is 8.78 Å². The van der Waals surface area contributed by atoms with Crippen molar-refractivity contribution in [1.82, 2.24) is 9.55 Å². The summed E-state index contributed by atoms with van der Waals surface area (Å²) in [4.78, 5) is 28.5. The van der Waals surface area contributed by atoms with Crippen LogP contribution in [0, 0.1) is 11.6 Å². The van der Waals surface area contributed by atoms with E-state index in [1.807, 2.05) is 0 Å². The minimum atomic E-state index is -0.588. The molecule has 0 aliphatic carbocycles. The molecule has 1 N–H and O–H groups in total. The SMILES string of the molecule is O=C(Cn1ccc(=O)c2cccc(F)c21)Nc1ccnc2ccc(F)cc12. The van der Waals surface area contributed by atoms with E-state index in [4.69, 9.17) is 0 Å². The molecule has 0 saturated carbocycles. The monoisotopic (exact) mass is 365 g/mol. The third-order valence-electron chi connectivity index (χ3n) is 4.24. The summed E-state index contributed by atoms with van der Waals surface area (Å²) >= 11 is 0. The molecule has 0 unspecified atom stereocenters. The van der Waals surface area contributed by atoms with E-state index < -0.39 is 17.5 Å². The van der Waals surface area contributed by atoms with Gasteiger partial charge in [-0.3, -0.25) is 14.6 Å². The molecule has 0 atom stereocenters. The highest BCUT2D eigenvalue weighted by Crippen LogP contribution is 2.22. The number of rotatable bonds is 3. The number of nitrogens with one attached hydrogen (secondary N) is 1. The third-order valence-corrected chi connectivity index (χ3v) is 4.24. The van der Waals surface area contributed by atoms with Gasteiger partial charge in [0.2, 0.25) is 5.91 Å². The van der Waals surface area contributed by atoms with Crippen molar-refractivity contribution in [3.05, 3.63) is 82.8 Å². The topological polar surface area (TPSA) is 64.0 Å². The molecule has 0 fully saturated rings. The second-order valence-corrected chi connectivity index (χ2v) is 6.01. The van der Waals surface area contributed by atoms with Crippen LogP contribution >= 0.6 is 0 Å². The molecule has 0 radical (unpaired) electrons. The van der Waals surface area contributed by atoms with Crippen molar-refractivity contribution >= 4 is 33.4 Å². The number of anilines is 1. The fourth-order valence-corrected chi connectivity index (χ4v) is 3.03. The van der Waals surface area contributed by atoms with Gasteiger partial charge in [0.15, 0.2) is 5.43 Å². The number of hydrogen-bond acceptors (Lipinski definition) is 3. The van der Waals surface area contributed by atoms with Crippen LogP contribution in [0.25, 0.3) is 21.8 Å². The zero-order valence-electron chi connectivity index (χ0n) is 13.9. The van der Waals surface area contributed by atoms with E-state index in [2.05, 4.69) is 10.3 Å². The lowest BCUT2D eigenvalue weighted by Gasteiger charge is -2.12. The van der Waals surface area contributed by atoms with Crippen molar-refractivity contribution < 1.29 is 13.6 Å². The van der Waals surface area contributed by atoms with Crippen LogP contribution in [0.4, 0.5) is 14.5 Å². The first-order chi connectivity index (χ1) is 13.0. The number of aromatic nitrogens is 2. The fraction of sp³-hybridized carbons (Fsp3) is 0.0500. The first kappa shape index (κ1) is 16.8. The molecule has 2 heterocycles. The lowest BCUT2D eigenvalue weighted by Crippen LogP contribution is -2.21. The Morgan fingerprint density at radius 1 is 1.07 bits per heavy atom. The Kier molecular flexibility index (Phi) is 4.12. The zero-order valence-corrected chi connectivity index (χ0v) is 13.9. The Hall–Kier alpha value is -3.61. The maximum Gasteiger partial charge on any atom is 0.244 e. The third kappa shape index (κ3) is 3.15. The molecular formula is C20H13F2N3O2. The van der Waals surface area contributed by atoms with E-state index >= 15 is 0 Å². The molecule has 4 rings (SSSR count). The van der Waals surface area contributed by atoms with Crippen molar-refractivity contribution in [2.45, 2.75) is 6.54 Å². The summed E-state index contributed by atoms with van der Waals surface area (Å²) < 4.78 is 29.1. The Labute approximate surface area is 151 Å². The molecule has 7 heteroatoms. The summed E-state index contributed by atoms with van der Waals surface area (Å²) in [6.07, 6.45) is 2.88. The summed E-state index contributed by atoms with van der Waals surface area (Å²) in [6, 6.07) is 11.1. The summed E-state index contributed by atoms with van der Waals surface area (Å²) in [7, 11) is 0. The van der Waals surface area contributed by atoms with Crippen LogP contribution in [0.1, 0.15) is 0 Å². The molecule has 0 aliphatic heterocycles. The van der Waals surface area contributed by atoms with Crippen LogP contribution in [-0.2, 0) is 11.3 Å². The number of carbonyl (C=O) groups is 1. The molecule has 0 saturated heterocycles. The fourth-order valence-electron chi connectivity index (χ4n) is 3.03. The van der Waals surface area contributed by atoms with Gasteiger partial charge in [0.05, 0.1) is 16.7 Å². The largest absolute Gasteiger partial charge is 0.335 e. The van der Waals surface area contributed by atoms with Gasteiger partial charge < -0.3 is 9.88 Å². The van der Waals surface area contributed by atoms with E-state index in [1.54, 1.807) is 6.07 Å². The van der Waals surface area contributed by atoms with Crippen LogP contribution in [0.3, 0.4) is 0 Å². The van der Waals surface area contributed by atoms with Gasteiger partial charge in [-0.2, -0.15) is 0 Å². The lowest BCUT2D eigenvalue weighted by molar-refractivity contribution is -0.116. The quantitative estimate of drug-likeness (QED) is 0.605. The normalized spacial score (nSPS) is 11.0. The minimum absolute atomic E-state index is 0.0609. The molecule has 0 aliphatic rings. The predicted octanol–water partition coefficient (Wildman–Crippen LogP) is 3.47. The van der Waals surface area contributed by atoms with Crippen molar-refractivity contribution in [2.24, 2.45) is 0 Å². The predicted molar refractivity (Wildman–Crippen MR) is 98.5 cm³/mol. The van der Waals surface area contributed by atoms with Crippen LogP contribution in [0.15, 0.2) is 65.7 Å². The number of amides is 1. The van der Waals surface area contributed by atoms with Gasteiger partial charge in [0.1, 0.15) is 18.2 Å². The van der Waals surface area contributed by atoms with Crippen LogP contribution < -0.4 is 10.7 Å². The molecule has 1 amide bonds.